The lowest BCUT2D eigenvalue weighted by Gasteiger charge is -2.25. The predicted molar refractivity (Wildman–Crippen MR) is 57.3 cm³/mol. The molecule has 0 aliphatic carbocycles. The van der Waals surface area contributed by atoms with Crippen molar-refractivity contribution < 1.29 is 4.39 Å². The van der Waals surface area contributed by atoms with E-state index in [1.54, 1.807) is 6.92 Å². The van der Waals surface area contributed by atoms with Gasteiger partial charge in [0, 0.05) is 5.71 Å². The first-order chi connectivity index (χ1) is 6.56. The van der Waals surface area contributed by atoms with Gasteiger partial charge in [0.05, 0.1) is 11.1 Å². The summed E-state index contributed by atoms with van der Waals surface area (Å²) < 4.78 is 13.4. The van der Waals surface area contributed by atoms with Crippen LogP contribution >= 0.6 is 11.6 Å². The summed E-state index contributed by atoms with van der Waals surface area (Å²) in [6.45, 7) is 3.60. The lowest BCUT2D eigenvalue weighted by atomic mass is 9.81. The Labute approximate surface area is 87.6 Å². The molecule has 3 heteroatoms. The zero-order valence-electron chi connectivity index (χ0n) is 8.09. The Bertz CT molecular complexity index is 400. The summed E-state index contributed by atoms with van der Waals surface area (Å²) in [5, 5.41) is 0. The Kier molecular flexibility index (Phi) is 2.11. The second-order valence-electron chi connectivity index (χ2n) is 3.72. The number of benzene rings is 1. The number of alkyl halides is 2. The minimum absolute atomic E-state index is 0.737. The van der Waals surface area contributed by atoms with E-state index in [0.717, 1.165) is 17.0 Å². The number of para-hydroxylation sites is 1. The van der Waals surface area contributed by atoms with E-state index in [1.165, 1.54) is 0 Å². The Balaban J connectivity index is 2.62. The molecule has 1 aromatic carbocycles. The second-order valence-corrected chi connectivity index (χ2v) is 4.10. The summed E-state index contributed by atoms with van der Waals surface area (Å²) in [5.41, 5.74) is 0.241. The van der Waals surface area contributed by atoms with E-state index in [4.69, 9.17) is 11.6 Å². The molecule has 0 N–H and O–H groups in total. The summed E-state index contributed by atoms with van der Waals surface area (Å²) in [4.78, 5) is 4.32. The lowest BCUT2D eigenvalue weighted by molar-refractivity contribution is 0.354. The fraction of sp³-hybridized carbons (Fsp3) is 0.364. The molecule has 1 aromatic rings. The van der Waals surface area contributed by atoms with Gasteiger partial charge in [-0.15, -0.1) is 0 Å². The van der Waals surface area contributed by atoms with Gasteiger partial charge in [0.2, 0.25) is 0 Å². The lowest BCUT2D eigenvalue weighted by Crippen LogP contribution is -2.35. The minimum Gasteiger partial charge on any atom is -0.257 e. The molecule has 2 unspecified atom stereocenters. The van der Waals surface area contributed by atoms with Gasteiger partial charge in [0.25, 0.3) is 0 Å². The molecule has 14 heavy (non-hydrogen) atoms. The van der Waals surface area contributed by atoms with Gasteiger partial charge in [0.1, 0.15) is 0 Å². The summed E-state index contributed by atoms with van der Waals surface area (Å²) in [6, 6.07) is 7.53. The van der Waals surface area contributed by atoms with Crippen molar-refractivity contribution in [3.05, 3.63) is 29.8 Å². The Hall–Kier alpha value is -0.890. The topological polar surface area (TPSA) is 12.4 Å². The van der Waals surface area contributed by atoms with Crippen LogP contribution in [0.2, 0.25) is 0 Å². The zero-order chi connectivity index (χ0) is 10.3. The van der Waals surface area contributed by atoms with Crippen LogP contribution in [0.25, 0.3) is 0 Å². The van der Waals surface area contributed by atoms with Crippen LogP contribution in [-0.2, 0) is 5.41 Å². The van der Waals surface area contributed by atoms with E-state index in [0.29, 0.717) is 0 Å². The average molecular weight is 212 g/mol. The van der Waals surface area contributed by atoms with E-state index in [2.05, 4.69) is 4.99 Å². The van der Waals surface area contributed by atoms with Gasteiger partial charge < -0.3 is 0 Å². The van der Waals surface area contributed by atoms with Gasteiger partial charge in [-0.1, -0.05) is 29.8 Å². The van der Waals surface area contributed by atoms with E-state index in [9.17, 15) is 4.39 Å². The fourth-order valence-electron chi connectivity index (χ4n) is 1.78. The maximum atomic E-state index is 13.4. The van der Waals surface area contributed by atoms with Crippen LogP contribution in [0.4, 0.5) is 10.1 Å². The number of nitrogens with zero attached hydrogens (tertiary/aromatic N) is 1. The number of fused-ring (bicyclic) bond motifs is 1. The normalized spacial score (nSPS) is 27.0. The molecule has 2 rings (SSSR count). The smallest absolute Gasteiger partial charge is 0.188 e. The first-order valence-corrected chi connectivity index (χ1v) is 4.94. The summed E-state index contributed by atoms with van der Waals surface area (Å²) in [7, 11) is 0. The third-order valence-corrected chi connectivity index (χ3v) is 3.38. The molecule has 1 aliphatic rings. The molecular formula is C11H11ClFN. The molecule has 1 aliphatic heterocycles. The van der Waals surface area contributed by atoms with Crippen molar-refractivity contribution in [2.24, 2.45) is 4.99 Å². The van der Waals surface area contributed by atoms with Crippen LogP contribution < -0.4 is 0 Å². The van der Waals surface area contributed by atoms with Gasteiger partial charge in [-0.2, -0.15) is 0 Å². The number of hydrogen-bond donors (Lipinski definition) is 0. The van der Waals surface area contributed by atoms with Crippen molar-refractivity contribution in [2.45, 2.75) is 24.9 Å². The first kappa shape index (κ1) is 9.66. The van der Waals surface area contributed by atoms with Gasteiger partial charge in [0.15, 0.2) is 5.63 Å². The summed E-state index contributed by atoms with van der Waals surface area (Å²) in [6.07, 6.45) is 0. The maximum Gasteiger partial charge on any atom is 0.188 e. The molecule has 0 aromatic heterocycles. The number of hydrogen-bond acceptors (Lipinski definition) is 1. The highest BCUT2D eigenvalue weighted by molar-refractivity contribution is 6.23. The second kappa shape index (κ2) is 3.06. The van der Waals surface area contributed by atoms with Crippen LogP contribution in [-0.4, -0.2) is 11.3 Å². The molecule has 1 heterocycles. The van der Waals surface area contributed by atoms with Crippen LogP contribution in [0, 0.1) is 0 Å². The molecule has 0 amide bonds. The SMILES string of the molecule is CC1=Nc2ccccc2C1(C)C(F)Cl. The predicted octanol–water partition coefficient (Wildman–Crippen LogP) is 3.58. The van der Waals surface area contributed by atoms with Gasteiger partial charge in [-0.05, 0) is 25.5 Å². The molecule has 0 radical (unpaired) electrons. The molecule has 1 nitrogen and oxygen atoms in total. The van der Waals surface area contributed by atoms with E-state index in [1.807, 2.05) is 31.2 Å². The fourth-order valence-corrected chi connectivity index (χ4v) is 2.05. The van der Waals surface area contributed by atoms with Crippen LogP contribution in [0.15, 0.2) is 29.3 Å². The highest BCUT2D eigenvalue weighted by Crippen LogP contribution is 2.44. The Morgan fingerprint density at radius 3 is 2.71 bits per heavy atom. The number of aliphatic imine (C=N–C) groups is 1. The molecule has 0 spiro atoms. The quantitative estimate of drug-likeness (QED) is 0.630. The monoisotopic (exact) mass is 211 g/mol. The van der Waals surface area contributed by atoms with Gasteiger partial charge >= 0.3 is 0 Å². The average Bonchev–Trinajstić information content (AvgIpc) is 2.41. The van der Waals surface area contributed by atoms with Crippen molar-refractivity contribution in [2.75, 3.05) is 0 Å². The van der Waals surface area contributed by atoms with Crippen LogP contribution in [0.5, 0.6) is 0 Å². The summed E-state index contributed by atoms with van der Waals surface area (Å²) >= 11 is 5.60. The van der Waals surface area contributed by atoms with Gasteiger partial charge in [-0.25, -0.2) is 4.39 Å². The van der Waals surface area contributed by atoms with Crippen molar-refractivity contribution >= 4 is 23.0 Å². The molecule has 0 fully saturated rings. The third-order valence-electron chi connectivity index (χ3n) is 2.94. The third kappa shape index (κ3) is 1.10. The zero-order valence-corrected chi connectivity index (χ0v) is 8.85. The van der Waals surface area contributed by atoms with Crippen molar-refractivity contribution in [3.63, 3.8) is 0 Å². The maximum absolute atomic E-state index is 13.4. The number of halogens is 2. The Morgan fingerprint density at radius 2 is 2.07 bits per heavy atom. The van der Waals surface area contributed by atoms with Crippen molar-refractivity contribution in [1.29, 1.82) is 0 Å². The van der Waals surface area contributed by atoms with E-state index < -0.39 is 11.0 Å². The molecule has 74 valence electrons. The van der Waals surface area contributed by atoms with Crippen LogP contribution in [0.1, 0.15) is 19.4 Å². The molecular weight excluding hydrogens is 201 g/mol. The molecule has 2 atom stereocenters. The molecule has 0 bridgehead atoms. The van der Waals surface area contributed by atoms with Crippen LogP contribution in [0.3, 0.4) is 0 Å². The van der Waals surface area contributed by atoms with E-state index in [-0.39, 0.29) is 0 Å². The molecule has 0 saturated heterocycles. The first-order valence-electron chi connectivity index (χ1n) is 4.50. The van der Waals surface area contributed by atoms with Crippen molar-refractivity contribution in [3.8, 4) is 0 Å². The Morgan fingerprint density at radius 1 is 1.43 bits per heavy atom. The summed E-state index contributed by atoms with van der Waals surface area (Å²) in [5.74, 6) is 0. The highest BCUT2D eigenvalue weighted by Gasteiger charge is 2.43. The van der Waals surface area contributed by atoms with Crippen molar-refractivity contribution in [1.82, 2.24) is 0 Å². The van der Waals surface area contributed by atoms with E-state index >= 15 is 0 Å². The minimum atomic E-state index is -1.44. The largest absolute Gasteiger partial charge is 0.257 e. The number of rotatable bonds is 1. The highest BCUT2D eigenvalue weighted by atomic mass is 35.5. The molecule has 0 saturated carbocycles. The van der Waals surface area contributed by atoms with Gasteiger partial charge in [-0.3, -0.25) is 4.99 Å². The standard InChI is InChI=1S/C11H11ClFN/c1-7-11(2,10(12)13)8-5-3-4-6-9(8)14-7/h3-6,10H,1-2H3.